The lowest BCUT2D eigenvalue weighted by atomic mass is 10.4. The molecule has 0 aromatic carbocycles. The lowest BCUT2D eigenvalue weighted by Gasteiger charge is -2.05. The highest BCUT2D eigenvalue weighted by molar-refractivity contribution is 6.30. The number of aryl methyl sites for hydroxylation is 3. The molecule has 0 bridgehead atoms. The van der Waals surface area contributed by atoms with Crippen molar-refractivity contribution in [3.05, 3.63) is 50.3 Å². The van der Waals surface area contributed by atoms with Crippen LogP contribution in [-0.2, 0) is 20.0 Å². The standard InChI is InChI=1S/C10H11ClN4O2/c1-14-5-3-12-8(14)2-4-15-6-7(11)9(16)13-10(15)17/h3,5-6H,2,4H2,1H3,(H,13,16,17). The molecule has 2 aromatic heterocycles. The van der Waals surface area contributed by atoms with Crippen LogP contribution in [0, 0.1) is 0 Å². The topological polar surface area (TPSA) is 72.7 Å². The van der Waals surface area contributed by atoms with Crippen molar-refractivity contribution in [2.75, 3.05) is 0 Å². The number of nitrogens with one attached hydrogen (secondary N) is 1. The van der Waals surface area contributed by atoms with Gasteiger partial charge in [-0.1, -0.05) is 11.6 Å². The van der Waals surface area contributed by atoms with Crippen molar-refractivity contribution < 1.29 is 0 Å². The zero-order valence-corrected chi connectivity index (χ0v) is 9.94. The van der Waals surface area contributed by atoms with Crippen LogP contribution in [0.5, 0.6) is 0 Å². The van der Waals surface area contributed by atoms with Crippen LogP contribution >= 0.6 is 11.6 Å². The number of halogens is 1. The Kier molecular flexibility index (Phi) is 3.14. The van der Waals surface area contributed by atoms with Gasteiger partial charge in [-0.15, -0.1) is 0 Å². The average molecular weight is 255 g/mol. The largest absolute Gasteiger partial charge is 0.338 e. The molecule has 2 aromatic rings. The van der Waals surface area contributed by atoms with E-state index in [1.54, 1.807) is 6.20 Å². The quantitative estimate of drug-likeness (QED) is 0.848. The van der Waals surface area contributed by atoms with Gasteiger partial charge in [0.25, 0.3) is 5.56 Å². The highest BCUT2D eigenvalue weighted by Crippen LogP contribution is 1.99. The summed E-state index contributed by atoms with van der Waals surface area (Å²) in [6.45, 7) is 0.417. The van der Waals surface area contributed by atoms with E-state index in [9.17, 15) is 9.59 Å². The monoisotopic (exact) mass is 254 g/mol. The molecule has 0 atom stereocenters. The van der Waals surface area contributed by atoms with E-state index in [1.165, 1.54) is 10.8 Å². The first kappa shape index (κ1) is 11.7. The summed E-state index contributed by atoms with van der Waals surface area (Å²) in [6, 6.07) is 0. The Bertz CT molecular complexity index is 640. The maximum absolute atomic E-state index is 11.5. The van der Waals surface area contributed by atoms with Crippen LogP contribution in [0.2, 0.25) is 5.02 Å². The van der Waals surface area contributed by atoms with Crippen LogP contribution in [0.25, 0.3) is 0 Å². The number of hydrogen-bond donors (Lipinski definition) is 1. The first-order valence-corrected chi connectivity index (χ1v) is 5.41. The maximum atomic E-state index is 11.5. The maximum Gasteiger partial charge on any atom is 0.328 e. The molecule has 17 heavy (non-hydrogen) atoms. The van der Waals surface area contributed by atoms with Crippen LogP contribution in [0.1, 0.15) is 5.82 Å². The molecule has 2 heterocycles. The molecule has 0 radical (unpaired) electrons. The fourth-order valence-electron chi connectivity index (χ4n) is 1.51. The van der Waals surface area contributed by atoms with E-state index in [1.807, 2.05) is 17.8 Å². The first-order chi connectivity index (χ1) is 8.08. The van der Waals surface area contributed by atoms with E-state index in [4.69, 9.17) is 11.6 Å². The fraction of sp³-hybridized carbons (Fsp3) is 0.300. The number of aromatic nitrogens is 4. The summed E-state index contributed by atoms with van der Waals surface area (Å²) in [7, 11) is 1.88. The van der Waals surface area contributed by atoms with Crippen molar-refractivity contribution >= 4 is 11.6 Å². The van der Waals surface area contributed by atoms with Gasteiger partial charge in [0.15, 0.2) is 0 Å². The van der Waals surface area contributed by atoms with Gasteiger partial charge in [0, 0.05) is 38.6 Å². The van der Waals surface area contributed by atoms with Crippen molar-refractivity contribution in [2.24, 2.45) is 7.05 Å². The molecule has 0 spiro atoms. The van der Waals surface area contributed by atoms with Crippen LogP contribution < -0.4 is 11.2 Å². The highest BCUT2D eigenvalue weighted by atomic mass is 35.5. The number of imidazole rings is 1. The molecule has 0 aliphatic rings. The van der Waals surface area contributed by atoms with Crippen molar-refractivity contribution in [1.82, 2.24) is 19.1 Å². The highest BCUT2D eigenvalue weighted by Gasteiger charge is 2.04. The summed E-state index contributed by atoms with van der Waals surface area (Å²) in [5.74, 6) is 0.860. The number of rotatable bonds is 3. The molecule has 90 valence electrons. The smallest absolute Gasteiger partial charge is 0.328 e. The van der Waals surface area contributed by atoms with Crippen molar-refractivity contribution in [2.45, 2.75) is 13.0 Å². The van der Waals surface area contributed by atoms with Crippen LogP contribution in [0.3, 0.4) is 0 Å². The van der Waals surface area contributed by atoms with Gasteiger partial charge in [0.2, 0.25) is 0 Å². The molecular weight excluding hydrogens is 244 g/mol. The van der Waals surface area contributed by atoms with E-state index < -0.39 is 11.2 Å². The van der Waals surface area contributed by atoms with Gasteiger partial charge in [0.05, 0.1) is 0 Å². The van der Waals surface area contributed by atoms with Crippen molar-refractivity contribution in [3.63, 3.8) is 0 Å². The van der Waals surface area contributed by atoms with Gasteiger partial charge in [-0.25, -0.2) is 9.78 Å². The summed E-state index contributed by atoms with van der Waals surface area (Å²) in [5.41, 5.74) is -1.03. The van der Waals surface area contributed by atoms with Gasteiger partial charge in [-0.05, 0) is 0 Å². The van der Waals surface area contributed by atoms with E-state index in [-0.39, 0.29) is 5.02 Å². The Morgan fingerprint density at radius 1 is 1.47 bits per heavy atom. The second-order valence-corrected chi connectivity index (χ2v) is 4.04. The minimum atomic E-state index is -0.565. The molecule has 0 aliphatic heterocycles. The van der Waals surface area contributed by atoms with Gasteiger partial charge in [-0.2, -0.15) is 0 Å². The number of hydrogen-bond acceptors (Lipinski definition) is 3. The summed E-state index contributed by atoms with van der Waals surface area (Å²) >= 11 is 5.65. The summed E-state index contributed by atoms with van der Waals surface area (Å²) in [6.07, 6.45) is 5.45. The van der Waals surface area contributed by atoms with Gasteiger partial charge >= 0.3 is 5.69 Å². The molecule has 0 fully saturated rings. The molecule has 6 nitrogen and oxygen atoms in total. The Morgan fingerprint density at radius 2 is 2.24 bits per heavy atom. The third kappa shape index (κ3) is 2.47. The van der Waals surface area contributed by atoms with E-state index in [2.05, 4.69) is 9.97 Å². The summed E-state index contributed by atoms with van der Waals surface area (Å²) in [4.78, 5) is 28.8. The third-order valence-corrected chi connectivity index (χ3v) is 2.73. The van der Waals surface area contributed by atoms with Gasteiger partial charge in [0.1, 0.15) is 10.8 Å². The molecular formula is C10H11ClN4O2. The van der Waals surface area contributed by atoms with Crippen molar-refractivity contribution in [1.29, 1.82) is 0 Å². The molecule has 0 unspecified atom stereocenters. The molecule has 0 saturated heterocycles. The molecule has 2 rings (SSSR count). The zero-order chi connectivity index (χ0) is 12.4. The molecule has 0 amide bonds. The Hall–Kier alpha value is -1.82. The SMILES string of the molecule is Cn1ccnc1CCn1cc(Cl)c(=O)[nH]c1=O. The zero-order valence-electron chi connectivity index (χ0n) is 9.18. The second kappa shape index (κ2) is 4.58. The molecule has 0 aliphatic carbocycles. The van der Waals surface area contributed by atoms with E-state index >= 15 is 0 Å². The predicted octanol–water partition coefficient (Wildman–Crippen LogP) is 0.166. The van der Waals surface area contributed by atoms with E-state index in [0.717, 1.165) is 5.82 Å². The van der Waals surface area contributed by atoms with Crippen LogP contribution in [0.4, 0.5) is 0 Å². The van der Waals surface area contributed by atoms with Crippen molar-refractivity contribution in [3.8, 4) is 0 Å². The number of nitrogens with zero attached hydrogens (tertiary/aromatic N) is 3. The minimum absolute atomic E-state index is 0.00411. The first-order valence-electron chi connectivity index (χ1n) is 5.03. The molecule has 1 N–H and O–H groups in total. The number of aromatic amines is 1. The molecule has 7 heteroatoms. The lowest BCUT2D eigenvalue weighted by molar-refractivity contribution is 0.615. The van der Waals surface area contributed by atoms with Crippen LogP contribution in [-0.4, -0.2) is 19.1 Å². The van der Waals surface area contributed by atoms with Gasteiger partial charge in [-0.3, -0.25) is 14.3 Å². The fourth-order valence-corrected chi connectivity index (χ4v) is 1.67. The summed E-state index contributed by atoms with van der Waals surface area (Å²) in [5, 5.41) is 0.00411. The van der Waals surface area contributed by atoms with Gasteiger partial charge < -0.3 is 4.57 Å². The van der Waals surface area contributed by atoms with E-state index in [0.29, 0.717) is 13.0 Å². The number of H-pyrrole nitrogens is 1. The minimum Gasteiger partial charge on any atom is -0.338 e. The Morgan fingerprint density at radius 3 is 2.88 bits per heavy atom. The molecule has 0 saturated carbocycles. The second-order valence-electron chi connectivity index (χ2n) is 3.63. The normalized spacial score (nSPS) is 10.7. The Balaban J connectivity index is 2.20. The average Bonchev–Trinajstić information content (AvgIpc) is 2.68. The lowest BCUT2D eigenvalue weighted by Crippen LogP contribution is -2.30. The van der Waals surface area contributed by atoms with Crippen LogP contribution in [0.15, 0.2) is 28.2 Å². The Labute approximate surface area is 101 Å². The predicted molar refractivity (Wildman–Crippen MR) is 63.2 cm³/mol. The third-order valence-electron chi connectivity index (χ3n) is 2.46. The summed E-state index contributed by atoms with van der Waals surface area (Å²) < 4.78 is 3.23.